The number of ether oxygens (including phenoxy) is 5. The third kappa shape index (κ3) is 24.7. The number of piperidine rings is 1. The molecule has 0 spiro atoms. The summed E-state index contributed by atoms with van der Waals surface area (Å²) >= 11 is 0. The van der Waals surface area contributed by atoms with Crippen molar-refractivity contribution in [3.63, 3.8) is 0 Å². The number of fused-ring (bicyclic) bond motifs is 6. The maximum absolute atomic E-state index is 13.1. The van der Waals surface area contributed by atoms with E-state index in [-0.39, 0.29) is 57.6 Å². The number of urea groups is 4. The average Bonchev–Trinajstić information content (AvgIpc) is 1.62. The van der Waals surface area contributed by atoms with E-state index in [1.165, 1.54) is 137 Å². The lowest BCUT2D eigenvalue weighted by molar-refractivity contribution is 0.0535. The number of aliphatic hydroxyl groups is 1. The zero-order chi connectivity index (χ0) is 101. The summed E-state index contributed by atoms with van der Waals surface area (Å²) in [7, 11) is -3.59. The molecule has 8 aliphatic rings. The maximum Gasteiger partial charge on any atom is 0.333 e. The second-order valence-corrected chi connectivity index (χ2v) is 43.0. The van der Waals surface area contributed by atoms with Crippen LogP contribution in [0.15, 0.2) is 80.8 Å². The van der Waals surface area contributed by atoms with Crippen molar-refractivity contribution in [2.45, 2.75) is 207 Å². The molecule has 9 N–H and O–H groups in total. The van der Waals surface area contributed by atoms with Crippen molar-refractivity contribution in [2.24, 2.45) is 28.2 Å². The van der Waals surface area contributed by atoms with E-state index in [4.69, 9.17) is 23.7 Å². The summed E-state index contributed by atoms with van der Waals surface area (Å²) in [4.78, 5) is 109. The predicted octanol–water partition coefficient (Wildman–Crippen LogP) is 7.83. The Bertz CT molecular complexity index is 6160. The number of aromatic nitrogens is 8. The summed E-state index contributed by atoms with van der Waals surface area (Å²) in [6, 6.07) is 13.7. The summed E-state index contributed by atoms with van der Waals surface area (Å²) in [6.07, 6.45) is 18.4. The zero-order valence-corrected chi connectivity index (χ0v) is 84.7. The van der Waals surface area contributed by atoms with Gasteiger partial charge < -0.3 is 69.7 Å². The fourth-order valence-electron chi connectivity index (χ4n) is 19.2. The molecular formula is C94H128N20O22S4. The minimum atomic E-state index is -4.35. The second kappa shape index (κ2) is 45.9. The van der Waals surface area contributed by atoms with Crippen molar-refractivity contribution < 1.29 is 101 Å². The molecular weight excluding hydrogens is 1890 g/mol. The fraction of sp³-hybridized carbons (Fsp3) is 0.532. The molecule has 2 aliphatic heterocycles. The molecule has 8 aromatic rings. The normalized spacial score (nSPS) is 15.8. The van der Waals surface area contributed by atoms with Gasteiger partial charge in [-0.1, -0.05) is 64.1 Å². The number of amides is 12. The van der Waals surface area contributed by atoms with Gasteiger partial charge in [-0.3, -0.25) is 37.9 Å². The molecule has 0 radical (unpaired) electrons. The molecule has 4 aromatic heterocycles. The van der Waals surface area contributed by atoms with E-state index in [0.29, 0.717) is 97.3 Å². The molecule has 6 heterocycles. The number of aliphatic hydroxyl groups excluding tert-OH is 1. The van der Waals surface area contributed by atoms with E-state index in [2.05, 4.69) is 74.0 Å². The standard InChI is InChI=1S/C24H33N5O6S.C24H37N5O6S.2C23H29N5O5S/c1-28-20(23(30)29(10-12-34-2)11-13-35-3)15-21(26-28)36(32,33)27-24(31)25-22-18-8-4-6-16(18)14-17-7-5-9-19(17)22;1-16(2)18-9-8-10-19(17(3)4)22(18)25-24(31)27-36(32,33)21-15-20(28(5)26-21)23(30)29(11-13-34-6)12-14-35-7;1-27-19(22(29)28-10-9-16(13-28)33-2)12-20(25-27)34(31,32)26-23(30)24-21-17-7-3-5-14(17)11-15-6-4-8-18(15)21;1-27-19(22(30)28-10-8-16(29)9-11-28)13-20(25-27)34(32,33)26-23(31)24-21-17-6-2-4-14(17)12-15-5-3-7-18(15)21/h14-15H,4-13H2,1-3H3,(H2,25,27,31);8-10,15-17H,11-14H2,1-7H3,(H2,25,27,31);11-12,16H,3-10,13H2,1-2H3,(H2,24,26,30);12-13,16,29H,2-11H2,1H3,(H2,24,26,31). The summed E-state index contributed by atoms with van der Waals surface area (Å²) < 4.78 is 142. The first-order valence-corrected chi connectivity index (χ1v) is 53.1. The monoisotopic (exact) mass is 2020 g/mol. The molecule has 2 saturated heterocycles. The zero-order valence-electron chi connectivity index (χ0n) is 81.4. The van der Waals surface area contributed by atoms with Crippen LogP contribution >= 0.6 is 0 Å². The number of aryl methyl sites for hydroxylation is 10. The molecule has 1 unspecified atom stereocenters. The van der Waals surface area contributed by atoms with Gasteiger partial charge in [0.1, 0.15) is 22.8 Å². The fourth-order valence-corrected chi connectivity index (χ4v) is 22.8. The van der Waals surface area contributed by atoms with E-state index >= 15 is 0 Å². The van der Waals surface area contributed by atoms with Crippen LogP contribution in [-0.4, -0.2) is 272 Å². The van der Waals surface area contributed by atoms with Gasteiger partial charge in [-0.05, 0) is 225 Å². The van der Waals surface area contributed by atoms with Crippen LogP contribution in [0.4, 0.5) is 41.9 Å². The Kier molecular flexibility index (Phi) is 34.6. The van der Waals surface area contributed by atoms with E-state index in [1.807, 2.05) is 50.6 Å². The number of carbonyl (C=O) groups excluding carboxylic acids is 8. The van der Waals surface area contributed by atoms with Gasteiger partial charge in [0.15, 0.2) is 20.1 Å². The van der Waals surface area contributed by atoms with Crippen molar-refractivity contribution >= 4 is 111 Å². The van der Waals surface area contributed by atoms with Crippen LogP contribution in [0.5, 0.6) is 0 Å². The number of benzene rings is 4. The molecule has 46 heteroatoms. The number of methoxy groups -OCH3 is 5. The number of carbonyl (C=O) groups is 8. The number of sulfonamides is 4. The van der Waals surface area contributed by atoms with E-state index in [1.54, 1.807) is 16.9 Å². The van der Waals surface area contributed by atoms with Crippen LogP contribution in [0.1, 0.15) is 217 Å². The number of likely N-dealkylation sites (tertiary alicyclic amines) is 2. The molecule has 760 valence electrons. The lowest BCUT2D eigenvalue weighted by Gasteiger charge is -2.29. The molecule has 2 fully saturated rings. The molecule has 6 aliphatic carbocycles. The van der Waals surface area contributed by atoms with Crippen molar-refractivity contribution in [1.29, 1.82) is 0 Å². The highest BCUT2D eigenvalue weighted by molar-refractivity contribution is 7.90. The van der Waals surface area contributed by atoms with Crippen molar-refractivity contribution in [2.75, 3.05) is 136 Å². The van der Waals surface area contributed by atoms with E-state index in [9.17, 15) is 77.1 Å². The molecule has 1 atom stereocenters. The lowest BCUT2D eigenvalue weighted by Crippen LogP contribution is -2.40. The largest absolute Gasteiger partial charge is 0.393 e. The predicted molar refractivity (Wildman–Crippen MR) is 518 cm³/mol. The first-order chi connectivity index (χ1) is 66.7. The van der Waals surface area contributed by atoms with Gasteiger partial charge in [-0.2, -0.15) is 54.1 Å². The summed E-state index contributed by atoms with van der Waals surface area (Å²) in [5.41, 5.74) is 19.0. The number of para-hydroxylation sites is 1. The van der Waals surface area contributed by atoms with Crippen LogP contribution in [-0.2, 0) is 169 Å². The van der Waals surface area contributed by atoms with Gasteiger partial charge in [-0.15, -0.1) is 0 Å². The highest BCUT2D eigenvalue weighted by Crippen LogP contribution is 2.43. The van der Waals surface area contributed by atoms with Crippen LogP contribution in [0, 0.1) is 0 Å². The first kappa shape index (κ1) is 106. The van der Waals surface area contributed by atoms with Crippen LogP contribution in [0.25, 0.3) is 0 Å². The van der Waals surface area contributed by atoms with Crippen molar-refractivity contribution in [3.05, 3.63) is 161 Å². The molecule has 0 bridgehead atoms. The SMILES string of the molecule is COC1CCN(C(=O)c2cc(S(=O)(=O)NC(=O)Nc3c4c(cc5c3CCC5)CCC4)nn2C)C1.COCCN(CCOC)C(=O)c1cc(S(=O)(=O)NC(=O)Nc2c(C(C)C)cccc2C(C)C)nn1C.COCCN(CCOC)C(=O)c1cc(S(=O)(=O)NC(=O)Nc2c3c(cc4c2CCC4)CCC3)nn1C.Cn1nc(S(=O)(=O)NC(=O)Nc2c3c(cc4c2CCC4)CCC3)cc1C(=O)N1CCC(O)CC1. The minimum Gasteiger partial charge on any atom is -0.393 e. The third-order valence-corrected chi connectivity index (χ3v) is 31.2. The second-order valence-electron chi connectivity index (χ2n) is 36.5. The number of anilines is 4. The van der Waals surface area contributed by atoms with Crippen LogP contribution in [0.2, 0.25) is 0 Å². The lowest BCUT2D eigenvalue weighted by atomic mass is 9.93. The Morgan fingerprint density at radius 1 is 0.379 bits per heavy atom. The Hall–Kier alpha value is -11.8. The van der Waals surface area contributed by atoms with Crippen LogP contribution < -0.4 is 40.2 Å². The summed E-state index contributed by atoms with van der Waals surface area (Å²) in [5, 5.41) is 35.1. The maximum atomic E-state index is 13.1. The van der Waals surface area contributed by atoms with E-state index in [0.717, 1.165) is 190 Å². The van der Waals surface area contributed by atoms with E-state index < -0.39 is 97.2 Å². The van der Waals surface area contributed by atoms with Crippen LogP contribution in [0.3, 0.4) is 0 Å². The molecule has 12 amide bonds. The molecule has 16 rings (SSSR count). The number of rotatable bonds is 31. The smallest absolute Gasteiger partial charge is 0.333 e. The van der Waals surface area contributed by atoms with Gasteiger partial charge in [0.2, 0.25) is 0 Å². The van der Waals surface area contributed by atoms with Gasteiger partial charge in [-0.25, -0.2) is 38.1 Å². The molecule has 0 saturated carbocycles. The van der Waals surface area contributed by atoms with Gasteiger partial charge in [0, 0.05) is 163 Å². The highest BCUT2D eigenvalue weighted by atomic mass is 32.2. The number of hydrogen-bond acceptors (Lipinski definition) is 26. The third-order valence-electron chi connectivity index (χ3n) is 26.4. The van der Waals surface area contributed by atoms with Crippen molar-refractivity contribution in [3.8, 4) is 0 Å². The van der Waals surface area contributed by atoms with Gasteiger partial charge in [0.25, 0.3) is 63.7 Å². The Morgan fingerprint density at radius 3 is 0.914 bits per heavy atom. The quantitative estimate of drug-likeness (QED) is 0.0200. The topological polar surface area (TPSA) is 520 Å². The number of nitrogens with one attached hydrogen (secondary N) is 8. The molecule has 140 heavy (non-hydrogen) atoms. The number of nitrogens with zero attached hydrogens (tertiary/aromatic N) is 12. The minimum absolute atomic E-state index is 0.0355. The average molecular weight is 2020 g/mol. The van der Waals surface area contributed by atoms with Crippen molar-refractivity contribution in [1.82, 2.24) is 77.6 Å². The van der Waals surface area contributed by atoms with Gasteiger partial charge >= 0.3 is 24.1 Å². The Balaban J connectivity index is 0.000000157. The molecule has 4 aromatic carbocycles. The first-order valence-electron chi connectivity index (χ1n) is 47.1. The Labute approximate surface area is 816 Å². The molecule has 42 nitrogen and oxygen atoms in total. The Morgan fingerprint density at radius 2 is 0.643 bits per heavy atom. The summed E-state index contributed by atoms with van der Waals surface area (Å²) in [6.45, 7) is 12.1. The van der Waals surface area contributed by atoms with Gasteiger partial charge in [0.05, 0.1) is 38.6 Å². The summed E-state index contributed by atoms with van der Waals surface area (Å²) in [5.74, 6) is -1.31. The highest BCUT2D eigenvalue weighted by Gasteiger charge is 2.38. The number of hydrogen-bond donors (Lipinski definition) is 9.